The van der Waals surface area contributed by atoms with Gasteiger partial charge in [0.1, 0.15) is 6.67 Å². The molecular weight excluding hydrogens is 439 g/mol. The van der Waals surface area contributed by atoms with E-state index in [-0.39, 0.29) is 30.6 Å². The number of rotatable bonds is 8. The highest BCUT2D eigenvalue weighted by Gasteiger charge is 2.51. The predicted molar refractivity (Wildman–Crippen MR) is 116 cm³/mol. The first-order valence-corrected chi connectivity index (χ1v) is 11.0. The van der Waals surface area contributed by atoms with E-state index in [9.17, 15) is 22.7 Å². The summed E-state index contributed by atoms with van der Waals surface area (Å²) in [7, 11) is 1.71. The van der Waals surface area contributed by atoms with Crippen LogP contribution in [0.4, 0.5) is 10.1 Å². The van der Waals surface area contributed by atoms with E-state index in [0.29, 0.717) is 23.9 Å². The Bertz CT molecular complexity index is 1370. The van der Waals surface area contributed by atoms with Gasteiger partial charge in [-0.2, -0.15) is 10.4 Å². The van der Waals surface area contributed by atoms with Crippen LogP contribution in [0.3, 0.4) is 0 Å². The number of nitriles is 1. The second kappa shape index (κ2) is 8.33. The smallest absolute Gasteiger partial charge is 0.292 e. The Morgan fingerprint density at radius 1 is 1.34 bits per heavy atom. The number of hydrogen-bond donors (Lipinski definition) is 1. The second-order valence-corrected chi connectivity index (χ2v) is 8.67. The molecule has 0 saturated heterocycles. The monoisotopic (exact) mass is 460 g/mol. The average Bonchev–Trinajstić information content (AvgIpc) is 3.44. The fourth-order valence-corrected chi connectivity index (χ4v) is 4.71. The summed E-state index contributed by atoms with van der Waals surface area (Å²) < 4.78 is 40.5. The largest absolute Gasteiger partial charge is 0.331 e. The summed E-state index contributed by atoms with van der Waals surface area (Å²) in [5, 5.41) is 13.2. The van der Waals surface area contributed by atoms with Gasteiger partial charge in [-0.25, -0.2) is 13.4 Å². The van der Waals surface area contributed by atoms with E-state index >= 15 is 0 Å². The highest BCUT2D eigenvalue weighted by molar-refractivity contribution is 7.80. The number of fused-ring (bicyclic) bond motifs is 1. The minimum absolute atomic E-state index is 0.0255. The first-order valence-electron chi connectivity index (χ1n) is 9.90. The molecule has 4 rings (SSSR count). The van der Waals surface area contributed by atoms with Crippen molar-refractivity contribution in [3.63, 3.8) is 0 Å². The van der Waals surface area contributed by atoms with Crippen LogP contribution in [0.15, 0.2) is 40.2 Å². The molecule has 1 aliphatic rings. The Labute approximate surface area is 184 Å². The molecule has 32 heavy (non-hydrogen) atoms. The standard InChI is InChI=1S/C20H21FN6O4S/c1-24-11-14(10-23-24)12-26-18(28)16-9-15(27(32(30)31)20(13-21)5-6-20)3-4-17(16)25(19(26)29)8-2-7-22/h3-4,9-11H,2,5-6,8,12-13H2,1H3,(H,30,31). The molecule has 1 saturated carbocycles. The third kappa shape index (κ3) is 3.74. The molecule has 0 spiro atoms. The van der Waals surface area contributed by atoms with Crippen molar-refractivity contribution in [3.8, 4) is 6.07 Å². The van der Waals surface area contributed by atoms with Crippen molar-refractivity contribution in [2.75, 3.05) is 11.0 Å². The lowest BCUT2D eigenvalue weighted by Crippen LogP contribution is -2.42. The molecule has 10 nitrogen and oxygen atoms in total. The first kappa shape index (κ1) is 21.9. The van der Waals surface area contributed by atoms with Gasteiger partial charge in [-0.05, 0) is 31.0 Å². The molecule has 0 aliphatic heterocycles. The molecule has 0 radical (unpaired) electrons. The third-order valence-corrected chi connectivity index (χ3v) is 6.56. The highest BCUT2D eigenvalue weighted by atomic mass is 32.2. The van der Waals surface area contributed by atoms with Crippen molar-refractivity contribution >= 4 is 27.9 Å². The van der Waals surface area contributed by atoms with E-state index in [1.807, 2.05) is 6.07 Å². The number of nitrogens with zero attached hydrogens (tertiary/aromatic N) is 6. The summed E-state index contributed by atoms with van der Waals surface area (Å²) in [5.41, 5.74) is -1.07. The van der Waals surface area contributed by atoms with Crippen molar-refractivity contribution in [2.45, 2.75) is 37.9 Å². The van der Waals surface area contributed by atoms with Crippen LogP contribution in [0, 0.1) is 11.3 Å². The van der Waals surface area contributed by atoms with Gasteiger partial charge in [0.15, 0.2) is 0 Å². The van der Waals surface area contributed by atoms with Crippen molar-refractivity contribution in [3.05, 3.63) is 57.0 Å². The van der Waals surface area contributed by atoms with Crippen LogP contribution < -0.4 is 15.6 Å². The number of aromatic nitrogens is 4. The Morgan fingerprint density at radius 2 is 2.09 bits per heavy atom. The molecule has 2 heterocycles. The second-order valence-electron chi connectivity index (χ2n) is 7.84. The van der Waals surface area contributed by atoms with Gasteiger partial charge >= 0.3 is 5.69 Å². The van der Waals surface area contributed by atoms with E-state index in [1.165, 1.54) is 22.8 Å². The van der Waals surface area contributed by atoms with Gasteiger partial charge in [-0.1, -0.05) is 0 Å². The molecule has 0 amide bonds. The number of benzene rings is 1. The van der Waals surface area contributed by atoms with E-state index in [0.717, 1.165) is 8.87 Å². The van der Waals surface area contributed by atoms with Gasteiger partial charge in [-0.3, -0.25) is 27.5 Å². The molecule has 1 atom stereocenters. The normalized spacial score (nSPS) is 15.4. The molecule has 1 N–H and O–H groups in total. The Morgan fingerprint density at radius 3 is 2.66 bits per heavy atom. The quantitative estimate of drug-likeness (QED) is 0.505. The number of aryl methyl sites for hydroxylation is 2. The zero-order valence-corrected chi connectivity index (χ0v) is 18.1. The van der Waals surface area contributed by atoms with Crippen molar-refractivity contribution < 1.29 is 13.2 Å². The zero-order valence-electron chi connectivity index (χ0n) is 17.3. The van der Waals surface area contributed by atoms with Gasteiger partial charge in [0, 0.05) is 25.4 Å². The van der Waals surface area contributed by atoms with Crippen LogP contribution in [0.5, 0.6) is 0 Å². The van der Waals surface area contributed by atoms with Gasteiger partial charge in [0.2, 0.25) is 0 Å². The lowest BCUT2D eigenvalue weighted by Gasteiger charge is -2.28. The summed E-state index contributed by atoms with van der Waals surface area (Å²) in [5.74, 6) is 0. The summed E-state index contributed by atoms with van der Waals surface area (Å²) in [6.45, 7) is -0.755. The van der Waals surface area contributed by atoms with Crippen molar-refractivity contribution in [2.24, 2.45) is 7.05 Å². The van der Waals surface area contributed by atoms with Crippen molar-refractivity contribution in [1.29, 1.82) is 5.26 Å². The number of alkyl halides is 1. The predicted octanol–water partition coefficient (Wildman–Crippen LogP) is 1.30. The molecule has 1 fully saturated rings. The topological polar surface area (TPSA) is 126 Å². The molecule has 12 heteroatoms. The molecule has 0 bridgehead atoms. The van der Waals surface area contributed by atoms with E-state index < -0.39 is 34.7 Å². The summed E-state index contributed by atoms with van der Waals surface area (Å²) in [6.07, 6.45) is 4.11. The van der Waals surface area contributed by atoms with Crippen LogP contribution in [0.1, 0.15) is 24.8 Å². The van der Waals surface area contributed by atoms with E-state index in [1.54, 1.807) is 24.1 Å². The maximum atomic E-state index is 13.7. The molecule has 2 aromatic heterocycles. The maximum Gasteiger partial charge on any atom is 0.331 e. The molecule has 1 aliphatic carbocycles. The third-order valence-electron chi connectivity index (χ3n) is 5.65. The summed E-state index contributed by atoms with van der Waals surface area (Å²) >= 11 is -2.50. The summed E-state index contributed by atoms with van der Waals surface area (Å²) in [4.78, 5) is 26.4. The van der Waals surface area contributed by atoms with Gasteiger partial charge in [0.05, 0.1) is 47.4 Å². The molecule has 168 valence electrons. The highest BCUT2D eigenvalue weighted by Crippen LogP contribution is 2.45. The van der Waals surface area contributed by atoms with Crippen LogP contribution in [0.2, 0.25) is 0 Å². The SMILES string of the molecule is Cn1cc(Cn2c(=O)c3cc(N(S(=O)O)C4(CF)CC4)ccc3n(CCC#N)c2=O)cn1. The molecular formula is C20H21FN6O4S. The lowest BCUT2D eigenvalue weighted by molar-refractivity contribution is 0.413. The molecule has 1 unspecified atom stereocenters. The zero-order chi connectivity index (χ0) is 23.0. The fraction of sp³-hybridized carbons (Fsp3) is 0.400. The first-order chi connectivity index (χ1) is 15.3. The maximum absolute atomic E-state index is 13.7. The van der Waals surface area contributed by atoms with Crippen LogP contribution in [0.25, 0.3) is 10.9 Å². The van der Waals surface area contributed by atoms with Crippen LogP contribution >= 0.6 is 0 Å². The van der Waals surface area contributed by atoms with Gasteiger partial charge in [0.25, 0.3) is 16.8 Å². The average molecular weight is 460 g/mol. The molecule has 3 aromatic rings. The Balaban J connectivity index is 1.92. The number of hydrogen-bond acceptors (Lipinski definition) is 5. The Kier molecular flexibility index (Phi) is 5.70. The van der Waals surface area contributed by atoms with Crippen LogP contribution in [-0.2, 0) is 31.4 Å². The van der Waals surface area contributed by atoms with Gasteiger partial charge < -0.3 is 0 Å². The van der Waals surface area contributed by atoms with Crippen LogP contribution in [-0.4, -0.2) is 39.9 Å². The number of halogens is 1. The fourth-order valence-electron chi connectivity index (χ4n) is 3.86. The number of anilines is 1. The molecule has 1 aromatic carbocycles. The van der Waals surface area contributed by atoms with Crippen molar-refractivity contribution in [1.82, 2.24) is 18.9 Å². The minimum atomic E-state index is -2.50. The summed E-state index contributed by atoms with van der Waals surface area (Å²) in [6, 6.07) is 6.38. The van der Waals surface area contributed by atoms with E-state index in [4.69, 9.17) is 5.26 Å². The lowest BCUT2D eigenvalue weighted by atomic mass is 10.2. The minimum Gasteiger partial charge on any atom is -0.292 e. The van der Waals surface area contributed by atoms with E-state index in [2.05, 4.69) is 5.10 Å². The Hall–Kier alpha value is -3.30. The van der Waals surface area contributed by atoms with Gasteiger partial charge in [-0.15, -0.1) is 0 Å².